The van der Waals surface area contributed by atoms with E-state index in [1.807, 2.05) is 0 Å². The first kappa shape index (κ1) is 13.4. The number of hydrogen-bond donors (Lipinski definition) is 2. The number of unbranched alkanes of at least 4 members (excludes halogenated alkanes) is 1. The van der Waals surface area contributed by atoms with Crippen molar-refractivity contribution in [3.8, 4) is 5.75 Å². The van der Waals surface area contributed by atoms with Crippen molar-refractivity contribution >= 4 is 0 Å². The molecule has 3 nitrogen and oxygen atoms in total. The molecule has 0 amide bonds. The SMILES string of the molecule is COc1ccc2c(c1)C(NCCCCN)CCC2. The van der Waals surface area contributed by atoms with Gasteiger partial charge in [-0.1, -0.05) is 6.07 Å². The van der Waals surface area contributed by atoms with Crippen molar-refractivity contribution in [1.82, 2.24) is 5.32 Å². The summed E-state index contributed by atoms with van der Waals surface area (Å²) in [5.41, 5.74) is 8.41. The van der Waals surface area contributed by atoms with Gasteiger partial charge < -0.3 is 15.8 Å². The first-order valence-corrected chi connectivity index (χ1v) is 6.95. The Morgan fingerprint density at radius 3 is 3.06 bits per heavy atom. The zero-order valence-corrected chi connectivity index (χ0v) is 11.2. The summed E-state index contributed by atoms with van der Waals surface area (Å²) >= 11 is 0. The number of nitrogens with one attached hydrogen (secondary N) is 1. The lowest BCUT2D eigenvalue weighted by atomic mass is 9.87. The standard InChI is InChI=1S/C15H24N2O/c1-18-13-8-7-12-5-4-6-15(14(12)11-13)17-10-3-2-9-16/h7-8,11,15,17H,2-6,9-10,16H2,1H3. The molecule has 0 aromatic heterocycles. The second kappa shape index (κ2) is 6.76. The predicted molar refractivity (Wildman–Crippen MR) is 75.0 cm³/mol. The molecule has 1 aliphatic rings. The molecular formula is C15H24N2O. The summed E-state index contributed by atoms with van der Waals surface area (Å²) in [6.07, 6.45) is 5.95. The van der Waals surface area contributed by atoms with E-state index in [0.717, 1.165) is 31.7 Å². The van der Waals surface area contributed by atoms with E-state index >= 15 is 0 Å². The van der Waals surface area contributed by atoms with Gasteiger partial charge in [-0.3, -0.25) is 0 Å². The van der Waals surface area contributed by atoms with Crippen molar-refractivity contribution < 1.29 is 4.74 Å². The van der Waals surface area contributed by atoms with Gasteiger partial charge in [0.25, 0.3) is 0 Å². The monoisotopic (exact) mass is 248 g/mol. The van der Waals surface area contributed by atoms with Crippen LogP contribution < -0.4 is 15.8 Å². The van der Waals surface area contributed by atoms with E-state index in [9.17, 15) is 0 Å². The van der Waals surface area contributed by atoms with Crippen LogP contribution in [0.3, 0.4) is 0 Å². The molecule has 0 fully saturated rings. The maximum Gasteiger partial charge on any atom is 0.119 e. The van der Waals surface area contributed by atoms with Crippen LogP contribution in [0.4, 0.5) is 0 Å². The molecule has 3 heteroatoms. The summed E-state index contributed by atoms with van der Waals surface area (Å²) in [7, 11) is 1.73. The van der Waals surface area contributed by atoms with E-state index in [-0.39, 0.29) is 0 Å². The Hall–Kier alpha value is -1.06. The first-order valence-electron chi connectivity index (χ1n) is 6.95. The van der Waals surface area contributed by atoms with Crippen LogP contribution >= 0.6 is 0 Å². The molecule has 1 unspecified atom stereocenters. The number of nitrogens with two attached hydrogens (primary N) is 1. The minimum Gasteiger partial charge on any atom is -0.497 e. The van der Waals surface area contributed by atoms with Gasteiger partial charge in [0, 0.05) is 6.04 Å². The van der Waals surface area contributed by atoms with Gasteiger partial charge in [0.2, 0.25) is 0 Å². The Kier molecular flexibility index (Phi) is 5.02. The smallest absolute Gasteiger partial charge is 0.119 e. The number of aryl methyl sites for hydroxylation is 1. The highest BCUT2D eigenvalue weighted by Crippen LogP contribution is 2.32. The van der Waals surface area contributed by atoms with Crippen molar-refractivity contribution in [2.45, 2.75) is 38.1 Å². The summed E-state index contributed by atoms with van der Waals surface area (Å²) in [4.78, 5) is 0. The number of fused-ring (bicyclic) bond motifs is 1. The van der Waals surface area contributed by atoms with Crippen LogP contribution in [-0.4, -0.2) is 20.2 Å². The summed E-state index contributed by atoms with van der Waals surface area (Å²) in [5, 5.41) is 3.65. The van der Waals surface area contributed by atoms with Gasteiger partial charge in [-0.2, -0.15) is 0 Å². The van der Waals surface area contributed by atoms with Crippen LogP contribution in [0.1, 0.15) is 42.9 Å². The summed E-state index contributed by atoms with van der Waals surface area (Å²) in [6.45, 7) is 1.84. The average Bonchev–Trinajstić information content (AvgIpc) is 2.43. The maximum atomic E-state index is 5.52. The number of ether oxygens (including phenoxy) is 1. The molecule has 1 aromatic carbocycles. The highest BCUT2D eigenvalue weighted by atomic mass is 16.5. The molecule has 0 heterocycles. The molecule has 1 aliphatic carbocycles. The highest BCUT2D eigenvalue weighted by Gasteiger charge is 2.19. The average molecular weight is 248 g/mol. The fourth-order valence-corrected chi connectivity index (χ4v) is 2.66. The van der Waals surface area contributed by atoms with Gasteiger partial charge in [0.15, 0.2) is 0 Å². The molecule has 100 valence electrons. The van der Waals surface area contributed by atoms with Gasteiger partial charge in [-0.25, -0.2) is 0 Å². The molecular weight excluding hydrogens is 224 g/mol. The molecule has 1 aromatic rings. The van der Waals surface area contributed by atoms with Crippen LogP contribution in [0, 0.1) is 0 Å². The van der Waals surface area contributed by atoms with Gasteiger partial charge in [-0.05, 0) is 68.5 Å². The lowest BCUT2D eigenvalue weighted by molar-refractivity contribution is 0.408. The molecule has 0 bridgehead atoms. The fraction of sp³-hybridized carbons (Fsp3) is 0.600. The normalized spacial score (nSPS) is 18.4. The number of benzene rings is 1. The minimum atomic E-state index is 0.488. The van der Waals surface area contributed by atoms with Gasteiger partial charge in [0.1, 0.15) is 5.75 Å². The van der Waals surface area contributed by atoms with Crippen LogP contribution in [-0.2, 0) is 6.42 Å². The van der Waals surface area contributed by atoms with E-state index in [4.69, 9.17) is 10.5 Å². The molecule has 2 rings (SSSR count). The molecule has 18 heavy (non-hydrogen) atoms. The maximum absolute atomic E-state index is 5.52. The van der Waals surface area contributed by atoms with Crippen molar-refractivity contribution in [1.29, 1.82) is 0 Å². The third-order valence-electron chi connectivity index (χ3n) is 3.69. The number of methoxy groups -OCH3 is 1. The summed E-state index contributed by atoms with van der Waals surface area (Å²) in [5.74, 6) is 0.962. The molecule has 0 saturated carbocycles. The van der Waals surface area contributed by atoms with Crippen molar-refractivity contribution in [2.75, 3.05) is 20.2 Å². The third-order valence-corrected chi connectivity index (χ3v) is 3.69. The van der Waals surface area contributed by atoms with Crippen LogP contribution in [0.25, 0.3) is 0 Å². The molecule has 3 N–H and O–H groups in total. The number of rotatable bonds is 6. The van der Waals surface area contributed by atoms with Crippen molar-refractivity contribution in [3.05, 3.63) is 29.3 Å². The van der Waals surface area contributed by atoms with Crippen LogP contribution in [0.5, 0.6) is 5.75 Å². The van der Waals surface area contributed by atoms with Crippen molar-refractivity contribution in [2.24, 2.45) is 5.73 Å². The fourth-order valence-electron chi connectivity index (χ4n) is 2.66. The Bertz CT molecular complexity index is 379. The van der Waals surface area contributed by atoms with Crippen LogP contribution in [0.15, 0.2) is 18.2 Å². The lowest BCUT2D eigenvalue weighted by Crippen LogP contribution is -2.26. The predicted octanol–water partition coefficient (Wildman–Crippen LogP) is 2.40. The van der Waals surface area contributed by atoms with E-state index in [0.29, 0.717) is 6.04 Å². The number of hydrogen-bond acceptors (Lipinski definition) is 3. The molecule has 0 aliphatic heterocycles. The van der Waals surface area contributed by atoms with E-state index < -0.39 is 0 Å². The molecule has 0 spiro atoms. The van der Waals surface area contributed by atoms with Gasteiger partial charge in [-0.15, -0.1) is 0 Å². The quantitative estimate of drug-likeness (QED) is 0.760. The zero-order valence-electron chi connectivity index (χ0n) is 11.2. The molecule has 1 atom stereocenters. The summed E-state index contributed by atoms with van der Waals surface area (Å²) in [6, 6.07) is 6.95. The van der Waals surface area contributed by atoms with E-state index in [1.54, 1.807) is 7.11 Å². The summed E-state index contributed by atoms with van der Waals surface area (Å²) < 4.78 is 5.33. The Balaban J connectivity index is 2.01. The Labute approximate surface area is 110 Å². The third kappa shape index (κ3) is 3.24. The molecule has 0 radical (unpaired) electrons. The topological polar surface area (TPSA) is 47.3 Å². The first-order chi connectivity index (χ1) is 8.85. The van der Waals surface area contributed by atoms with E-state index in [1.165, 1.54) is 30.4 Å². The van der Waals surface area contributed by atoms with Crippen molar-refractivity contribution in [3.63, 3.8) is 0 Å². The van der Waals surface area contributed by atoms with Gasteiger partial charge in [0.05, 0.1) is 7.11 Å². The largest absolute Gasteiger partial charge is 0.497 e. The minimum absolute atomic E-state index is 0.488. The van der Waals surface area contributed by atoms with Crippen LogP contribution in [0.2, 0.25) is 0 Å². The Morgan fingerprint density at radius 2 is 2.28 bits per heavy atom. The second-order valence-corrected chi connectivity index (χ2v) is 4.96. The highest BCUT2D eigenvalue weighted by molar-refractivity contribution is 5.39. The second-order valence-electron chi connectivity index (χ2n) is 4.96. The Morgan fingerprint density at radius 1 is 1.39 bits per heavy atom. The zero-order chi connectivity index (χ0) is 12.8. The van der Waals surface area contributed by atoms with Gasteiger partial charge >= 0.3 is 0 Å². The lowest BCUT2D eigenvalue weighted by Gasteiger charge is -2.27. The molecule has 0 saturated heterocycles. The van der Waals surface area contributed by atoms with E-state index in [2.05, 4.69) is 23.5 Å².